The summed E-state index contributed by atoms with van der Waals surface area (Å²) in [5.74, 6) is 0.492. The standard InChI is InChI=1S/C22H22N2O2S/c1-15-23-17(14-27-15)13-26-21-12-5-4-10-19(21)22(25)24-20-11-6-8-16-7-2-3-9-18(16)20/h2-5,7,9-10,12,14,20H,6,8,11,13H2,1H3,(H,24,25)/t20-/m1/s1. The summed E-state index contributed by atoms with van der Waals surface area (Å²) in [5, 5.41) is 6.19. The minimum atomic E-state index is -0.0956. The average molecular weight is 378 g/mol. The van der Waals surface area contributed by atoms with Crippen LogP contribution in [0.4, 0.5) is 0 Å². The second-order valence-corrected chi connectivity index (χ2v) is 7.82. The monoisotopic (exact) mass is 378 g/mol. The first kappa shape index (κ1) is 17.7. The summed E-state index contributed by atoms with van der Waals surface area (Å²) in [6.45, 7) is 2.33. The van der Waals surface area contributed by atoms with Crippen molar-refractivity contribution >= 4 is 17.2 Å². The molecule has 1 N–H and O–H groups in total. The first-order chi connectivity index (χ1) is 13.2. The van der Waals surface area contributed by atoms with E-state index < -0.39 is 0 Å². The van der Waals surface area contributed by atoms with Gasteiger partial charge in [-0.15, -0.1) is 11.3 Å². The molecule has 1 aliphatic carbocycles. The number of para-hydroxylation sites is 1. The number of carbonyl (C=O) groups excluding carboxylic acids is 1. The van der Waals surface area contributed by atoms with Crippen molar-refractivity contribution in [2.45, 2.75) is 38.8 Å². The Balaban J connectivity index is 1.49. The number of rotatable bonds is 5. The molecule has 0 radical (unpaired) electrons. The summed E-state index contributed by atoms with van der Waals surface area (Å²) in [6, 6.07) is 15.8. The van der Waals surface area contributed by atoms with Gasteiger partial charge in [0.25, 0.3) is 5.91 Å². The lowest BCUT2D eigenvalue weighted by Gasteiger charge is -2.26. The average Bonchev–Trinajstić information content (AvgIpc) is 3.12. The van der Waals surface area contributed by atoms with Crippen LogP contribution in [0.1, 0.15) is 51.1 Å². The first-order valence-corrected chi connectivity index (χ1v) is 10.1. The summed E-state index contributed by atoms with van der Waals surface area (Å²) in [5.41, 5.74) is 4.01. The van der Waals surface area contributed by atoms with Crippen molar-refractivity contribution in [1.29, 1.82) is 0 Å². The molecule has 0 saturated carbocycles. The minimum Gasteiger partial charge on any atom is -0.486 e. The van der Waals surface area contributed by atoms with Gasteiger partial charge < -0.3 is 10.1 Å². The number of amides is 1. The lowest BCUT2D eigenvalue weighted by Crippen LogP contribution is -2.31. The summed E-state index contributed by atoms with van der Waals surface area (Å²) in [7, 11) is 0. The Morgan fingerprint density at radius 1 is 1.22 bits per heavy atom. The lowest BCUT2D eigenvalue weighted by molar-refractivity contribution is 0.0928. The molecule has 0 aliphatic heterocycles. The SMILES string of the molecule is Cc1nc(COc2ccccc2C(=O)N[C@@H]2CCCc3ccccc32)cs1. The van der Waals surface area contributed by atoms with Gasteiger partial charge in [-0.25, -0.2) is 4.98 Å². The Labute approximate surface area is 163 Å². The van der Waals surface area contributed by atoms with E-state index in [0.717, 1.165) is 30.0 Å². The van der Waals surface area contributed by atoms with Crippen LogP contribution in [-0.2, 0) is 13.0 Å². The molecule has 1 aliphatic rings. The summed E-state index contributed by atoms with van der Waals surface area (Å²) >= 11 is 1.60. The molecule has 0 spiro atoms. The second kappa shape index (κ2) is 7.92. The maximum absolute atomic E-state index is 13.0. The fourth-order valence-corrected chi connectivity index (χ4v) is 4.14. The summed E-state index contributed by atoms with van der Waals surface area (Å²) in [6.07, 6.45) is 3.13. The molecule has 1 heterocycles. The van der Waals surface area contributed by atoms with Gasteiger partial charge in [-0.3, -0.25) is 4.79 Å². The number of nitrogens with zero attached hydrogens (tertiary/aromatic N) is 1. The van der Waals surface area contributed by atoms with Crippen molar-refractivity contribution in [1.82, 2.24) is 10.3 Å². The highest BCUT2D eigenvalue weighted by Gasteiger charge is 2.23. The van der Waals surface area contributed by atoms with Gasteiger partial charge in [-0.2, -0.15) is 0 Å². The van der Waals surface area contributed by atoms with Crippen molar-refractivity contribution < 1.29 is 9.53 Å². The molecule has 4 nitrogen and oxygen atoms in total. The Morgan fingerprint density at radius 3 is 2.89 bits per heavy atom. The van der Waals surface area contributed by atoms with E-state index >= 15 is 0 Å². The second-order valence-electron chi connectivity index (χ2n) is 6.76. The number of carbonyl (C=O) groups is 1. The van der Waals surface area contributed by atoms with Gasteiger partial charge in [0.1, 0.15) is 12.4 Å². The fraction of sp³-hybridized carbons (Fsp3) is 0.273. The molecule has 4 rings (SSSR count). The molecule has 1 aromatic heterocycles. The van der Waals surface area contributed by atoms with E-state index in [-0.39, 0.29) is 11.9 Å². The van der Waals surface area contributed by atoms with E-state index in [1.165, 1.54) is 11.1 Å². The van der Waals surface area contributed by atoms with Gasteiger partial charge in [-0.05, 0) is 49.4 Å². The fourth-order valence-electron chi connectivity index (χ4n) is 3.55. The Kier molecular flexibility index (Phi) is 5.21. The molecule has 1 amide bonds. The van der Waals surface area contributed by atoms with Crippen molar-refractivity contribution in [3.8, 4) is 5.75 Å². The van der Waals surface area contributed by atoms with Crippen LogP contribution in [0.15, 0.2) is 53.9 Å². The number of aryl methyl sites for hydroxylation is 2. The largest absolute Gasteiger partial charge is 0.486 e. The zero-order valence-electron chi connectivity index (χ0n) is 15.3. The Bertz CT molecular complexity index is 951. The summed E-state index contributed by atoms with van der Waals surface area (Å²) < 4.78 is 5.90. The molecule has 0 fully saturated rings. The summed E-state index contributed by atoms with van der Waals surface area (Å²) in [4.78, 5) is 17.4. The van der Waals surface area contributed by atoms with Crippen LogP contribution in [0.2, 0.25) is 0 Å². The van der Waals surface area contributed by atoms with Gasteiger partial charge in [-0.1, -0.05) is 36.4 Å². The van der Waals surface area contributed by atoms with Crippen LogP contribution in [-0.4, -0.2) is 10.9 Å². The molecule has 2 aromatic carbocycles. The van der Waals surface area contributed by atoms with Gasteiger partial charge in [0.15, 0.2) is 0 Å². The van der Waals surface area contributed by atoms with Crippen LogP contribution < -0.4 is 10.1 Å². The topological polar surface area (TPSA) is 51.2 Å². The minimum absolute atomic E-state index is 0.0525. The Hall–Kier alpha value is -2.66. The van der Waals surface area contributed by atoms with Crippen molar-refractivity contribution in [2.75, 3.05) is 0 Å². The molecule has 0 saturated heterocycles. The number of aromatic nitrogens is 1. The van der Waals surface area contributed by atoms with Gasteiger partial charge in [0.05, 0.1) is 22.3 Å². The predicted octanol–water partition coefficient (Wildman–Crippen LogP) is 4.84. The molecule has 138 valence electrons. The predicted molar refractivity (Wildman–Crippen MR) is 107 cm³/mol. The van der Waals surface area contributed by atoms with E-state index in [0.29, 0.717) is 17.9 Å². The third kappa shape index (κ3) is 4.03. The van der Waals surface area contributed by atoms with Crippen LogP contribution in [0.25, 0.3) is 0 Å². The van der Waals surface area contributed by atoms with Gasteiger partial charge in [0, 0.05) is 5.38 Å². The number of fused-ring (bicyclic) bond motifs is 1. The van der Waals surface area contributed by atoms with Crippen LogP contribution in [0.3, 0.4) is 0 Å². The molecule has 0 unspecified atom stereocenters. The highest BCUT2D eigenvalue weighted by Crippen LogP contribution is 2.30. The molecular weight excluding hydrogens is 356 g/mol. The number of hydrogen-bond donors (Lipinski definition) is 1. The van der Waals surface area contributed by atoms with Crippen LogP contribution in [0, 0.1) is 6.92 Å². The van der Waals surface area contributed by atoms with Gasteiger partial charge in [0.2, 0.25) is 0 Å². The highest BCUT2D eigenvalue weighted by atomic mass is 32.1. The molecule has 5 heteroatoms. The quantitative estimate of drug-likeness (QED) is 0.691. The van der Waals surface area contributed by atoms with Crippen molar-refractivity contribution in [3.63, 3.8) is 0 Å². The molecule has 0 bridgehead atoms. The first-order valence-electron chi connectivity index (χ1n) is 9.22. The zero-order valence-corrected chi connectivity index (χ0v) is 16.1. The number of hydrogen-bond acceptors (Lipinski definition) is 4. The highest BCUT2D eigenvalue weighted by molar-refractivity contribution is 7.09. The van der Waals surface area contributed by atoms with E-state index in [1.54, 1.807) is 11.3 Å². The molecule has 1 atom stereocenters. The smallest absolute Gasteiger partial charge is 0.255 e. The molecule has 27 heavy (non-hydrogen) atoms. The molecule has 3 aromatic rings. The van der Waals surface area contributed by atoms with Gasteiger partial charge >= 0.3 is 0 Å². The third-order valence-corrected chi connectivity index (χ3v) is 5.67. The Morgan fingerprint density at radius 2 is 2.04 bits per heavy atom. The normalized spacial score (nSPS) is 15.8. The maximum atomic E-state index is 13.0. The number of ether oxygens (including phenoxy) is 1. The third-order valence-electron chi connectivity index (χ3n) is 4.85. The van der Waals surface area contributed by atoms with E-state index in [9.17, 15) is 4.79 Å². The van der Waals surface area contributed by atoms with Crippen LogP contribution >= 0.6 is 11.3 Å². The van der Waals surface area contributed by atoms with Crippen molar-refractivity contribution in [3.05, 3.63) is 81.3 Å². The number of nitrogens with one attached hydrogen (secondary N) is 1. The van der Waals surface area contributed by atoms with E-state index in [4.69, 9.17) is 4.74 Å². The van der Waals surface area contributed by atoms with Crippen molar-refractivity contribution in [2.24, 2.45) is 0 Å². The number of benzene rings is 2. The number of thiazole rings is 1. The lowest BCUT2D eigenvalue weighted by atomic mass is 9.87. The maximum Gasteiger partial charge on any atom is 0.255 e. The zero-order chi connectivity index (χ0) is 18.6. The van der Waals surface area contributed by atoms with Crippen LogP contribution in [0.5, 0.6) is 5.75 Å². The molecular formula is C22H22N2O2S. The van der Waals surface area contributed by atoms with E-state index in [1.807, 2.05) is 42.6 Å². The van der Waals surface area contributed by atoms with E-state index in [2.05, 4.69) is 28.5 Å².